The Morgan fingerprint density at radius 1 is 1.29 bits per heavy atom. The standard InChI is InChI=1S/C15H12N2O3S/c1-8-9(2)21-15(16-8)17-13(18)11-7-10-5-3-4-6-12(10)20-14(11)19/h3-7H,1-2H3,(H,16,17,18). The Kier molecular flexibility index (Phi) is 3.31. The smallest absolute Gasteiger partial charge is 0.349 e. The average Bonchev–Trinajstić information content (AvgIpc) is 2.76. The minimum Gasteiger partial charge on any atom is -0.422 e. The molecule has 5 nitrogen and oxygen atoms in total. The fourth-order valence-corrected chi connectivity index (χ4v) is 2.72. The van der Waals surface area contributed by atoms with Crippen LogP contribution in [0.2, 0.25) is 0 Å². The Morgan fingerprint density at radius 3 is 2.76 bits per heavy atom. The molecule has 0 aliphatic rings. The van der Waals surface area contributed by atoms with E-state index in [0.29, 0.717) is 16.1 Å². The van der Waals surface area contributed by atoms with Gasteiger partial charge >= 0.3 is 5.63 Å². The lowest BCUT2D eigenvalue weighted by Crippen LogP contribution is -2.20. The number of rotatable bonds is 2. The number of para-hydroxylation sites is 1. The highest BCUT2D eigenvalue weighted by atomic mass is 32.1. The maximum absolute atomic E-state index is 12.2. The molecule has 106 valence electrons. The SMILES string of the molecule is Cc1nc(NC(=O)c2cc3ccccc3oc2=O)sc1C. The highest BCUT2D eigenvalue weighted by Gasteiger charge is 2.15. The molecule has 0 bridgehead atoms. The average molecular weight is 300 g/mol. The molecule has 0 spiro atoms. The van der Waals surface area contributed by atoms with Crippen molar-refractivity contribution < 1.29 is 9.21 Å². The van der Waals surface area contributed by atoms with E-state index in [1.54, 1.807) is 18.2 Å². The first-order valence-corrected chi connectivity index (χ1v) is 7.14. The van der Waals surface area contributed by atoms with Crippen molar-refractivity contribution in [3.63, 3.8) is 0 Å². The minimum absolute atomic E-state index is 0.0285. The summed E-state index contributed by atoms with van der Waals surface area (Å²) < 4.78 is 5.15. The molecule has 0 aliphatic heterocycles. The molecule has 1 N–H and O–H groups in total. The van der Waals surface area contributed by atoms with Gasteiger partial charge in [-0.2, -0.15) is 0 Å². The molecule has 0 atom stereocenters. The largest absolute Gasteiger partial charge is 0.422 e. The van der Waals surface area contributed by atoms with Gasteiger partial charge in [0.2, 0.25) is 0 Å². The summed E-state index contributed by atoms with van der Waals surface area (Å²) in [5, 5.41) is 3.81. The number of benzene rings is 1. The first kappa shape index (κ1) is 13.5. The fourth-order valence-electron chi connectivity index (χ4n) is 1.91. The van der Waals surface area contributed by atoms with E-state index in [4.69, 9.17) is 4.42 Å². The van der Waals surface area contributed by atoms with Crippen molar-refractivity contribution in [3.8, 4) is 0 Å². The van der Waals surface area contributed by atoms with Gasteiger partial charge in [0.05, 0.1) is 5.69 Å². The fraction of sp³-hybridized carbons (Fsp3) is 0.133. The number of nitrogens with one attached hydrogen (secondary N) is 1. The molecule has 2 aromatic heterocycles. The Bertz CT molecular complexity index is 876. The van der Waals surface area contributed by atoms with Crippen LogP contribution in [0.5, 0.6) is 0 Å². The van der Waals surface area contributed by atoms with Crippen LogP contribution >= 0.6 is 11.3 Å². The highest BCUT2D eigenvalue weighted by molar-refractivity contribution is 7.15. The molecule has 3 rings (SSSR count). The molecule has 1 amide bonds. The van der Waals surface area contributed by atoms with E-state index in [1.165, 1.54) is 17.4 Å². The van der Waals surface area contributed by atoms with E-state index in [9.17, 15) is 9.59 Å². The Labute approximate surface area is 124 Å². The molecule has 0 saturated carbocycles. The minimum atomic E-state index is -0.656. The van der Waals surface area contributed by atoms with Crippen LogP contribution in [0.3, 0.4) is 0 Å². The number of aromatic nitrogens is 1. The zero-order valence-corrected chi connectivity index (χ0v) is 12.3. The quantitative estimate of drug-likeness (QED) is 0.738. The summed E-state index contributed by atoms with van der Waals surface area (Å²) in [6, 6.07) is 8.59. The molecule has 6 heteroatoms. The molecule has 0 aliphatic carbocycles. The van der Waals surface area contributed by atoms with Crippen LogP contribution in [0.1, 0.15) is 20.9 Å². The maximum atomic E-state index is 12.2. The lowest BCUT2D eigenvalue weighted by molar-refractivity contribution is 0.102. The monoisotopic (exact) mass is 300 g/mol. The Hall–Kier alpha value is -2.47. The van der Waals surface area contributed by atoms with Gasteiger partial charge in [0.15, 0.2) is 5.13 Å². The molecule has 2 heterocycles. The molecule has 0 unspecified atom stereocenters. The number of hydrogen-bond acceptors (Lipinski definition) is 5. The molecule has 0 radical (unpaired) electrons. The molecule has 0 saturated heterocycles. The predicted octanol–water partition coefficient (Wildman–Crippen LogP) is 3.12. The number of amides is 1. The highest BCUT2D eigenvalue weighted by Crippen LogP contribution is 2.21. The summed E-state index contributed by atoms with van der Waals surface area (Å²) in [5.41, 5.74) is 0.635. The van der Waals surface area contributed by atoms with Crippen LogP contribution in [0, 0.1) is 13.8 Å². The first-order valence-electron chi connectivity index (χ1n) is 6.33. The van der Waals surface area contributed by atoms with Crippen molar-refractivity contribution in [1.29, 1.82) is 0 Å². The number of carbonyl (C=O) groups excluding carboxylic acids is 1. The van der Waals surface area contributed by atoms with Crippen LogP contribution in [0.4, 0.5) is 5.13 Å². The Balaban J connectivity index is 1.97. The Morgan fingerprint density at radius 2 is 2.05 bits per heavy atom. The second kappa shape index (κ2) is 5.14. The molecule has 3 aromatic rings. The van der Waals surface area contributed by atoms with E-state index >= 15 is 0 Å². The van der Waals surface area contributed by atoms with Crippen LogP contribution in [-0.4, -0.2) is 10.9 Å². The summed E-state index contributed by atoms with van der Waals surface area (Å²) in [7, 11) is 0. The van der Waals surface area contributed by atoms with Crippen molar-refractivity contribution in [2.75, 3.05) is 5.32 Å². The third-order valence-electron chi connectivity index (χ3n) is 3.14. The van der Waals surface area contributed by atoms with E-state index in [-0.39, 0.29) is 5.56 Å². The molecule has 1 aromatic carbocycles. The number of fused-ring (bicyclic) bond motifs is 1. The van der Waals surface area contributed by atoms with Gasteiger partial charge in [-0.05, 0) is 26.0 Å². The van der Waals surface area contributed by atoms with Crippen molar-refractivity contribution in [3.05, 3.63) is 56.9 Å². The molecule has 0 fully saturated rings. The zero-order chi connectivity index (χ0) is 15.0. The summed E-state index contributed by atoms with van der Waals surface area (Å²) in [4.78, 5) is 29.3. The van der Waals surface area contributed by atoms with E-state index in [0.717, 1.165) is 10.6 Å². The maximum Gasteiger partial charge on any atom is 0.349 e. The van der Waals surface area contributed by atoms with Gasteiger partial charge in [-0.1, -0.05) is 18.2 Å². The zero-order valence-electron chi connectivity index (χ0n) is 11.5. The van der Waals surface area contributed by atoms with E-state index in [2.05, 4.69) is 10.3 Å². The van der Waals surface area contributed by atoms with Crippen molar-refractivity contribution in [2.45, 2.75) is 13.8 Å². The summed E-state index contributed by atoms with van der Waals surface area (Å²) in [5.74, 6) is -0.511. The van der Waals surface area contributed by atoms with Crippen LogP contribution in [0.15, 0.2) is 39.5 Å². The molecule has 21 heavy (non-hydrogen) atoms. The van der Waals surface area contributed by atoms with Gasteiger partial charge in [0, 0.05) is 10.3 Å². The second-order valence-corrected chi connectivity index (χ2v) is 5.80. The van der Waals surface area contributed by atoms with E-state index < -0.39 is 11.5 Å². The number of thiazole rings is 1. The number of nitrogens with zero attached hydrogens (tertiary/aromatic N) is 1. The van der Waals surface area contributed by atoms with Gasteiger partial charge < -0.3 is 4.42 Å². The number of carbonyl (C=O) groups is 1. The van der Waals surface area contributed by atoms with E-state index in [1.807, 2.05) is 19.9 Å². The second-order valence-electron chi connectivity index (χ2n) is 4.60. The number of hydrogen-bond donors (Lipinski definition) is 1. The van der Waals surface area contributed by atoms with Gasteiger partial charge in [0.25, 0.3) is 5.91 Å². The van der Waals surface area contributed by atoms with Crippen LogP contribution in [-0.2, 0) is 0 Å². The third-order valence-corrected chi connectivity index (χ3v) is 4.12. The third kappa shape index (κ3) is 2.57. The summed E-state index contributed by atoms with van der Waals surface area (Å²) >= 11 is 1.37. The van der Waals surface area contributed by atoms with Gasteiger partial charge in [-0.15, -0.1) is 11.3 Å². The summed E-state index contributed by atoms with van der Waals surface area (Å²) in [6.45, 7) is 3.79. The van der Waals surface area contributed by atoms with Crippen molar-refractivity contribution in [2.24, 2.45) is 0 Å². The lowest BCUT2D eigenvalue weighted by atomic mass is 10.2. The van der Waals surface area contributed by atoms with Gasteiger partial charge in [0.1, 0.15) is 11.1 Å². The van der Waals surface area contributed by atoms with Crippen molar-refractivity contribution >= 4 is 33.3 Å². The number of aryl methyl sites for hydroxylation is 2. The lowest BCUT2D eigenvalue weighted by Gasteiger charge is -2.02. The topological polar surface area (TPSA) is 72.2 Å². The van der Waals surface area contributed by atoms with Crippen molar-refractivity contribution in [1.82, 2.24) is 4.98 Å². The molecular weight excluding hydrogens is 288 g/mol. The summed E-state index contributed by atoms with van der Waals surface area (Å²) in [6.07, 6.45) is 0. The van der Waals surface area contributed by atoms with Crippen LogP contribution < -0.4 is 10.9 Å². The number of anilines is 1. The first-order chi connectivity index (χ1) is 10.0. The predicted molar refractivity (Wildman–Crippen MR) is 82.0 cm³/mol. The normalized spacial score (nSPS) is 10.8. The molecular formula is C15H12N2O3S. The van der Waals surface area contributed by atoms with Gasteiger partial charge in [-0.3, -0.25) is 10.1 Å². The van der Waals surface area contributed by atoms with Gasteiger partial charge in [-0.25, -0.2) is 9.78 Å². The van der Waals surface area contributed by atoms with Crippen LogP contribution in [0.25, 0.3) is 11.0 Å².